The van der Waals surface area contributed by atoms with Crippen LogP contribution in [-0.2, 0) is 4.74 Å². The third-order valence-electron chi connectivity index (χ3n) is 5.07. The van der Waals surface area contributed by atoms with Crippen molar-refractivity contribution in [3.63, 3.8) is 0 Å². The molecule has 0 aromatic heterocycles. The van der Waals surface area contributed by atoms with Gasteiger partial charge in [-0.3, -0.25) is 4.90 Å². The molecule has 0 radical (unpaired) electrons. The quantitative estimate of drug-likeness (QED) is 0.853. The summed E-state index contributed by atoms with van der Waals surface area (Å²) >= 11 is 0. The van der Waals surface area contributed by atoms with Crippen LogP contribution < -0.4 is 4.90 Å². The summed E-state index contributed by atoms with van der Waals surface area (Å²) < 4.78 is 5.41. The van der Waals surface area contributed by atoms with Crippen molar-refractivity contribution in [1.82, 2.24) is 4.90 Å². The topological polar surface area (TPSA) is 53.0 Å². The Labute approximate surface area is 150 Å². The van der Waals surface area contributed by atoms with Crippen LogP contribution in [0.15, 0.2) is 24.3 Å². The van der Waals surface area contributed by atoms with Crippen molar-refractivity contribution in [3.05, 3.63) is 29.8 Å². The van der Waals surface area contributed by atoms with Crippen molar-refractivity contribution in [3.8, 4) is 0 Å². The van der Waals surface area contributed by atoms with Crippen molar-refractivity contribution in [2.75, 3.05) is 31.1 Å². The van der Waals surface area contributed by atoms with Crippen LogP contribution in [0.4, 0.5) is 5.69 Å². The predicted octanol–water partition coefficient (Wildman–Crippen LogP) is 2.68. The maximum atomic E-state index is 12.1. The van der Waals surface area contributed by atoms with Crippen LogP contribution in [0, 0.1) is 0 Å². The number of hydrogen-bond donors (Lipinski definition) is 1. The van der Waals surface area contributed by atoms with E-state index in [0.717, 1.165) is 51.1 Å². The molecule has 5 nitrogen and oxygen atoms in total. The fourth-order valence-corrected chi connectivity index (χ4v) is 3.76. The van der Waals surface area contributed by atoms with E-state index >= 15 is 0 Å². The highest BCUT2D eigenvalue weighted by Gasteiger charge is 2.30. The van der Waals surface area contributed by atoms with Gasteiger partial charge in [-0.05, 0) is 64.3 Å². The van der Waals surface area contributed by atoms with Crippen LogP contribution >= 0.6 is 0 Å². The standard InChI is InChI=1S/C20H30N2O3/c1-20(2,3)25-19(24)15-4-6-16(7-5-15)21-10-12-22(13-11-21)17-8-9-18(23)14-17/h4-7,17-18,23H,8-14H2,1-3H3/t17-,18-/m1/s1. The van der Waals surface area contributed by atoms with Crippen LogP contribution in [0.1, 0.15) is 50.4 Å². The molecule has 0 bridgehead atoms. The first-order valence-corrected chi connectivity index (χ1v) is 9.32. The lowest BCUT2D eigenvalue weighted by Gasteiger charge is -2.39. The average Bonchev–Trinajstić information content (AvgIpc) is 3.00. The lowest BCUT2D eigenvalue weighted by molar-refractivity contribution is 0.00695. The normalized spacial score (nSPS) is 25.2. The highest BCUT2D eigenvalue weighted by Crippen LogP contribution is 2.26. The largest absolute Gasteiger partial charge is 0.456 e. The third-order valence-corrected chi connectivity index (χ3v) is 5.07. The van der Waals surface area contributed by atoms with E-state index < -0.39 is 5.60 Å². The van der Waals surface area contributed by atoms with Crippen LogP contribution in [0.2, 0.25) is 0 Å². The number of carbonyl (C=O) groups is 1. The number of hydrogen-bond acceptors (Lipinski definition) is 5. The molecule has 3 rings (SSSR count). The number of aliphatic hydroxyl groups is 1. The van der Waals surface area contributed by atoms with Gasteiger partial charge >= 0.3 is 5.97 Å². The number of piperazine rings is 1. The van der Waals surface area contributed by atoms with Crippen LogP contribution in [-0.4, -0.2) is 59.9 Å². The third kappa shape index (κ3) is 4.73. The molecule has 0 amide bonds. The molecule has 0 unspecified atom stereocenters. The highest BCUT2D eigenvalue weighted by atomic mass is 16.6. The molecule has 5 heteroatoms. The SMILES string of the molecule is CC(C)(C)OC(=O)c1ccc(N2CCN([C@@H]3CC[C@@H](O)C3)CC2)cc1. The van der Waals surface area contributed by atoms with Crippen molar-refractivity contribution < 1.29 is 14.6 Å². The van der Waals surface area contributed by atoms with Gasteiger partial charge in [-0.1, -0.05) is 0 Å². The van der Waals surface area contributed by atoms with Crippen molar-refractivity contribution in [2.45, 2.75) is 57.8 Å². The predicted molar refractivity (Wildman–Crippen MR) is 99.0 cm³/mol. The second-order valence-corrected chi connectivity index (χ2v) is 8.19. The van der Waals surface area contributed by atoms with E-state index in [2.05, 4.69) is 9.80 Å². The second kappa shape index (κ2) is 7.34. The summed E-state index contributed by atoms with van der Waals surface area (Å²) in [4.78, 5) is 17.0. The molecule has 1 saturated heterocycles. The minimum absolute atomic E-state index is 0.108. The number of ether oxygens (including phenoxy) is 1. The summed E-state index contributed by atoms with van der Waals surface area (Å²) in [6.07, 6.45) is 2.87. The molecule has 2 fully saturated rings. The lowest BCUT2D eigenvalue weighted by Crippen LogP contribution is -2.49. The first kappa shape index (κ1) is 18.2. The maximum absolute atomic E-state index is 12.1. The van der Waals surface area contributed by atoms with E-state index in [1.165, 1.54) is 0 Å². The zero-order valence-electron chi connectivity index (χ0n) is 15.6. The van der Waals surface area contributed by atoms with Gasteiger partial charge in [0.25, 0.3) is 0 Å². The molecule has 1 heterocycles. The van der Waals surface area contributed by atoms with Crippen LogP contribution in [0.5, 0.6) is 0 Å². The van der Waals surface area contributed by atoms with E-state index in [1.54, 1.807) is 0 Å². The number of rotatable bonds is 3. The molecule has 1 N–H and O–H groups in total. The molecule has 1 aliphatic heterocycles. The van der Waals surface area contributed by atoms with Gasteiger partial charge < -0.3 is 14.7 Å². The van der Waals surface area contributed by atoms with E-state index in [4.69, 9.17) is 4.74 Å². The Morgan fingerprint density at radius 3 is 2.24 bits per heavy atom. The Balaban J connectivity index is 1.54. The molecular formula is C20H30N2O3. The number of carbonyl (C=O) groups excluding carboxylic acids is 1. The van der Waals surface area contributed by atoms with Crippen molar-refractivity contribution in [1.29, 1.82) is 0 Å². The number of anilines is 1. The van der Waals surface area contributed by atoms with Gasteiger partial charge in [0.05, 0.1) is 11.7 Å². The van der Waals surface area contributed by atoms with Gasteiger partial charge in [0, 0.05) is 37.9 Å². The minimum Gasteiger partial charge on any atom is -0.456 e. The average molecular weight is 346 g/mol. The molecule has 1 aromatic carbocycles. The fourth-order valence-electron chi connectivity index (χ4n) is 3.76. The summed E-state index contributed by atoms with van der Waals surface area (Å²) in [6, 6.07) is 8.26. The summed E-state index contributed by atoms with van der Waals surface area (Å²) in [5, 5.41) is 9.73. The smallest absolute Gasteiger partial charge is 0.338 e. The molecule has 0 spiro atoms. The van der Waals surface area contributed by atoms with Crippen LogP contribution in [0.3, 0.4) is 0 Å². The first-order valence-electron chi connectivity index (χ1n) is 9.32. The zero-order valence-corrected chi connectivity index (χ0v) is 15.6. The Kier molecular flexibility index (Phi) is 5.35. The Bertz CT molecular complexity index is 586. The number of esters is 1. The molecule has 138 valence electrons. The van der Waals surface area contributed by atoms with Gasteiger partial charge in [-0.15, -0.1) is 0 Å². The molecule has 2 aliphatic rings. The minimum atomic E-state index is -0.472. The summed E-state index contributed by atoms with van der Waals surface area (Å²) in [6.45, 7) is 9.67. The van der Waals surface area contributed by atoms with Gasteiger partial charge in [0.15, 0.2) is 0 Å². The van der Waals surface area contributed by atoms with E-state index in [9.17, 15) is 9.90 Å². The molecule has 25 heavy (non-hydrogen) atoms. The fraction of sp³-hybridized carbons (Fsp3) is 0.650. The zero-order chi connectivity index (χ0) is 18.0. The number of nitrogens with zero attached hydrogens (tertiary/aromatic N) is 2. The van der Waals surface area contributed by atoms with E-state index in [0.29, 0.717) is 11.6 Å². The number of benzene rings is 1. The molecule has 1 aliphatic carbocycles. The lowest BCUT2D eigenvalue weighted by atomic mass is 10.1. The Hall–Kier alpha value is -1.59. The van der Waals surface area contributed by atoms with Crippen LogP contribution in [0.25, 0.3) is 0 Å². The summed E-state index contributed by atoms with van der Waals surface area (Å²) in [5.74, 6) is -0.274. The van der Waals surface area contributed by atoms with Crippen molar-refractivity contribution >= 4 is 11.7 Å². The second-order valence-electron chi connectivity index (χ2n) is 8.19. The first-order chi connectivity index (χ1) is 11.8. The maximum Gasteiger partial charge on any atom is 0.338 e. The molecule has 2 atom stereocenters. The molecular weight excluding hydrogens is 316 g/mol. The van der Waals surface area contributed by atoms with Gasteiger partial charge in [0.2, 0.25) is 0 Å². The highest BCUT2D eigenvalue weighted by molar-refractivity contribution is 5.90. The monoisotopic (exact) mass is 346 g/mol. The van der Waals surface area contributed by atoms with Gasteiger partial charge in [0.1, 0.15) is 5.60 Å². The van der Waals surface area contributed by atoms with Gasteiger partial charge in [-0.25, -0.2) is 4.79 Å². The van der Waals surface area contributed by atoms with E-state index in [1.807, 2.05) is 45.0 Å². The van der Waals surface area contributed by atoms with Gasteiger partial charge in [-0.2, -0.15) is 0 Å². The van der Waals surface area contributed by atoms with E-state index in [-0.39, 0.29) is 12.1 Å². The Morgan fingerprint density at radius 2 is 1.72 bits per heavy atom. The summed E-state index contributed by atoms with van der Waals surface area (Å²) in [5.41, 5.74) is 1.27. The summed E-state index contributed by atoms with van der Waals surface area (Å²) in [7, 11) is 0. The Morgan fingerprint density at radius 1 is 1.08 bits per heavy atom. The molecule has 1 aromatic rings. The molecule has 1 saturated carbocycles. The number of aliphatic hydroxyl groups excluding tert-OH is 1. The van der Waals surface area contributed by atoms with Crippen molar-refractivity contribution in [2.24, 2.45) is 0 Å².